The van der Waals surface area contributed by atoms with Gasteiger partial charge in [0.1, 0.15) is 0 Å². The van der Waals surface area contributed by atoms with Gasteiger partial charge >= 0.3 is 0 Å². The van der Waals surface area contributed by atoms with Crippen molar-refractivity contribution in [2.45, 2.75) is 18.8 Å². The van der Waals surface area contributed by atoms with Crippen molar-refractivity contribution in [2.75, 3.05) is 25.0 Å². The number of hydrogen-bond acceptors (Lipinski definition) is 2. The maximum Gasteiger partial charge on any atom is 0.225 e. The topological polar surface area (TPSA) is 32.3 Å². The molecule has 1 aliphatic rings. The van der Waals surface area contributed by atoms with Crippen LogP contribution in [0.5, 0.6) is 0 Å². The zero-order valence-corrected chi connectivity index (χ0v) is 13.8. The van der Waals surface area contributed by atoms with Crippen LogP contribution in [-0.4, -0.2) is 30.4 Å². The van der Waals surface area contributed by atoms with Gasteiger partial charge in [-0.2, -0.15) is 0 Å². The molecule has 0 bridgehead atoms. The first-order valence-corrected chi connectivity index (χ1v) is 8.42. The maximum absolute atomic E-state index is 12.1. The largest absolute Gasteiger partial charge is 0.325 e. The average molecular weight is 329 g/mol. The van der Waals surface area contributed by atoms with Crippen LogP contribution in [0.1, 0.15) is 24.3 Å². The summed E-state index contributed by atoms with van der Waals surface area (Å²) in [5.74, 6) is 0.601. The summed E-state index contributed by atoms with van der Waals surface area (Å²) in [7, 11) is 0. The summed E-state index contributed by atoms with van der Waals surface area (Å²) in [6, 6.07) is 17.9. The van der Waals surface area contributed by atoms with E-state index in [1.165, 1.54) is 5.56 Å². The number of carbonyl (C=O) groups excluding carboxylic acids is 1. The van der Waals surface area contributed by atoms with Crippen LogP contribution in [0.4, 0.5) is 5.69 Å². The van der Waals surface area contributed by atoms with Crippen molar-refractivity contribution in [1.82, 2.24) is 4.90 Å². The molecule has 1 N–H and O–H groups in total. The second-order valence-electron chi connectivity index (χ2n) is 5.97. The fourth-order valence-corrected chi connectivity index (χ4v) is 3.25. The minimum Gasteiger partial charge on any atom is -0.325 e. The minimum absolute atomic E-state index is 0.0151. The number of amides is 1. The quantitative estimate of drug-likeness (QED) is 0.894. The standard InChI is InChI=1S/C19H21ClN2O/c20-17-8-4-5-9-18(17)21-19(23)11-13-22-12-10-16(14-22)15-6-2-1-3-7-15/h1-9,16H,10-14H2,(H,21,23)/t16-/m0/s1. The number of hydrogen-bond donors (Lipinski definition) is 1. The Morgan fingerprint density at radius 1 is 1.13 bits per heavy atom. The number of rotatable bonds is 5. The zero-order chi connectivity index (χ0) is 16.1. The molecule has 2 aromatic carbocycles. The van der Waals surface area contributed by atoms with E-state index >= 15 is 0 Å². The van der Waals surface area contributed by atoms with Crippen LogP contribution in [0.15, 0.2) is 54.6 Å². The fraction of sp³-hybridized carbons (Fsp3) is 0.316. The summed E-state index contributed by atoms with van der Waals surface area (Å²) in [5, 5.41) is 3.45. The number of likely N-dealkylation sites (tertiary alicyclic amines) is 1. The van der Waals surface area contributed by atoms with Gasteiger partial charge in [0.15, 0.2) is 0 Å². The summed E-state index contributed by atoms with van der Waals surface area (Å²) in [6.45, 7) is 2.88. The Morgan fingerprint density at radius 3 is 2.65 bits per heavy atom. The third-order valence-electron chi connectivity index (χ3n) is 4.35. The molecule has 1 fully saturated rings. The fourth-order valence-electron chi connectivity index (χ4n) is 3.07. The highest BCUT2D eigenvalue weighted by Gasteiger charge is 2.23. The van der Waals surface area contributed by atoms with E-state index in [-0.39, 0.29) is 5.91 Å². The summed E-state index contributed by atoms with van der Waals surface area (Å²) >= 11 is 6.06. The second-order valence-corrected chi connectivity index (χ2v) is 6.38. The van der Waals surface area contributed by atoms with Gasteiger partial charge in [-0.05, 0) is 36.6 Å². The van der Waals surface area contributed by atoms with Crippen molar-refractivity contribution in [1.29, 1.82) is 0 Å². The molecular formula is C19H21ClN2O. The third kappa shape index (κ3) is 4.34. The van der Waals surface area contributed by atoms with Gasteiger partial charge in [0.05, 0.1) is 10.7 Å². The first-order valence-electron chi connectivity index (χ1n) is 8.04. The maximum atomic E-state index is 12.1. The molecule has 0 unspecified atom stereocenters. The van der Waals surface area contributed by atoms with Crippen LogP contribution >= 0.6 is 11.6 Å². The summed E-state index contributed by atoms with van der Waals surface area (Å²) in [5.41, 5.74) is 2.08. The van der Waals surface area contributed by atoms with E-state index in [2.05, 4.69) is 40.5 Å². The number of para-hydroxylation sites is 1. The Labute approximate surface area is 142 Å². The lowest BCUT2D eigenvalue weighted by Gasteiger charge is -2.16. The first kappa shape index (κ1) is 16.0. The molecule has 3 nitrogen and oxygen atoms in total. The normalized spacial score (nSPS) is 18.0. The van der Waals surface area contributed by atoms with E-state index in [9.17, 15) is 4.79 Å². The molecule has 120 valence electrons. The van der Waals surface area contributed by atoms with E-state index in [1.54, 1.807) is 6.07 Å². The van der Waals surface area contributed by atoms with Crippen molar-refractivity contribution >= 4 is 23.2 Å². The van der Waals surface area contributed by atoms with Gasteiger partial charge in [-0.25, -0.2) is 0 Å². The van der Waals surface area contributed by atoms with Gasteiger partial charge in [-0.15, -0.1) is 0 Å². The second kappa shape index (κ2) is 7.62. The number of halogens is 1. The Hall–Kier alpha value is -1.84. The molecule has 0 aromatic heterocycles. The van der Waals surface area contributed by atoms with Gasteiger partial charge in [-0.1, -0.05) is 54.1 Å². The van der Waals surface area contributed by atoms with E-state index in [1.807, 2.05) is 18.2 Å². The molecule has 1 saturated heterocycles. The van der Waals surface area contributed by atoms with Crippen molar-refractivity contribution in [3.05, 3.63) is 65.2 Å². The SMILES string of the molecule is O=C(CCN1CC[C@H](c2ccccc2)C1)Nc1ccccc1Cl. The Morgan fingerprint density at radius 2 is 1.87 bits per heavy atom. The lowest BCUT2D eigenvalue weighted by Crippen LogP contribution is -2.25. The zero-order valence-electron chi connectivity index (χ0n) is 13.0. The number of carbonyl (C=O) groups is 1. The minimum atomic E-state index is 0.0151. The number of anilines is 1. The highest BCUT2D eigenvalue weighted by Crippen LogP contribution is 2.27. The molecule has 1 atom stereocenters. The van der Waals surface area contributed by atoms with Crippen molar-refractivity contribution in [3.8, 4) is 0 Å². The van der Waals surface area contributed by atoms with Gasteiger partial charge < -0.3 is 10.2 Å². The summed E-state index contributed by atoms with van der Waals surface area (Å²) < 4.78 is 0. The van der Waals surface area contributed by atoms with Crippen molar-refractivity contribution < 1.29 is 4.79 Å². The third-order valence-corrected chi connectivity index (χ3v) is 4.68. The van der Waals surface area contributed by atoms with E-state index in [0.717, 1.165) is 26.1 Å². The lowest BCUT2D eigenvalue weighted by molar-refractivity contribution is -0.116. The van der Waals surface area contributed by atoms with Crippen LogP contribution in [0.25, 0.3) is 0 Å². The smallest absolute Gasteiger partial charge is 0.225 e. The van der Waals surface area contributed by atoms with Gasteiger partial charge in [0.2, 0.25) is 5.91 Å². The Bertz CT molecular complexity index is 659. The van der Waals surface area contributed by atoms with Crippen LogP contribution in [0, 0.1) is 0 Å². The molecule has 4 heteroatoms. The predicted octanol–water partition coefficient (Wildman–Crippen LogP) is 4.16. The first-order chi connectivity index (χ1) is 11.2. The van der Waals surface area contributed by atoms with E-state index in [0.29, 0.717) is 23.0 Å². The summed E-state index contributed by atoms with van der Waals surface area (Å²) in [6.07, 6.45) is 1.66. The highest BCUT2D eigenvalue weighted by atomic mass is 35.5. The average Bonchev–Trinajstić information content (AvgIpc) is 3.05. The molecule has 2 aromatic rings. The van der Waals surface area contributed by atoms with Gasteiger partial charge in [0.25, 0.3) is 0 Å². The molecule has 1 aliphatic heterocycles. The lowest BCUT2D eigenvalue weighted by atomic mass is 9.99. The Balaban J connectivity index is 1.46. The molecular weight excluding hydrogens is 308 g/mol. The number of benzene rings is 2. The number of nitrogens with zero attached hydrogens (tertiary/aromatic N) is 1. The predicted molar refractivity (Wildman–Crippen MR) is 94.9 cm³/mol. The highest BCUT2D eigenvalue weighted by molar-refractivity contribution is 6.33. The van der Waals surface area contributed by atoms with E-state index < -0.39 is 0 Å². The number of nitrogens with one attached hydrogen (secondary N) is 1. The monoisotopic (exact) mass is 328 g/mol. The van der Waals surface area contributed by atoms with Crippen LogP contribution < -0.4 is 5.32 Å². The van der Waals surface area contributed by atoms with E-state index in [4.69, 9.17) is 11.6 Å². The molecule has 0 saturated carbocycles. The molecule has 0 aliphatic carbocycles. The molecule has 0 spiro atoms. The van der Waals surface area contributed by atoms with Crippen molar-refractivity contribution in [2.24, 2.45) is 0 Å². The van der Waals surface area contributed by atoms with Crippen molar-refractivity contribution in [3.63, 3.8) is 0 Å². The molecule has 1 amide bonds. The Kier molecular flexibility index (Phi) is 5.31. The van der Waals surface area contributed by atoms with Gasteiger partial charge in [0, 0.05) is 19.5 Å². The molecule has 3 rings (SSSR count). The molecule has 0 radical (unpaired) electrons. The summed E-state index contributed by atoms with van der Waals surface area (Å²) in [4.78, 5) is 14.4. The molecule has 1 heterocycles. The van der Waals surface area contributed by atoms with Crippen LogP contribution in [0.2, 0.25) is 5.02 Å². The van der Waals surface area contributed by atoms with Crippen LogP contribution in [0.3, 0.4) is 0 Å². The van der Waals surface area contributed by atoms with Crippen LogP contribution in [-0.2, 0) is 4.79 Å². The molecule has 23 heavy (non-hydrogen) atoms. The van der Waals surface area contributed by atoms with Gasteiger partial charge in [-0.3, -0.25) is 4.79 Å².